The van der Waals surface area contributed by atoms with Gasteiger partial charge in [0.05, 0.1) is 51.0 Å². The summed E-state index contributed by atoms with van der Waals surface area (Å²) in [6.45, 7) is 10.7. The summed E-state index contributed by atoms with van der Waals surface area (Å²) in [5.41, 5.74) is 1.58. The molecule has 7 heteroatoms. The Hall–Kier alpha value is -2.13. The van der Waals surface area contributed by atoms with E-state index in [1.807, 2.05) is 18.2 Å². The van der Waals surface area contributed by atoms with Crippen molar-refractivity contribution < 1.29 is 47.5 Å². The van der Waals surface area contributed by atoms with Crippen LogP contribution in [0, 0.1) is 0 Å². The van der Waals surface area contributed by atoms with E-state index >= 15 is 0 Å². The predicted octanol–water partition coefficient (Wildman–Crippen LogP) is 3.72. The maximum absolute atomic E-state index is 12.9. The molecule has 1 N–H and O–H groups in total. The molecule has 0 spiro atoms. The number of carbonyl (C=O) groups excluding carboxylic acids is 2. The number of esters is 1. The number of halogens is 1. The van der Waals surface area contributed by atoms with Crippen LogP contribution < -0.4 is 34.0 Å². The zero-order chi connectivity index (χ0) is 26.2. The number of hydrogen-bond donors (Lipinski definition) is 1. The highest BCUT2D eigenvalue weighted by molar-refractivity contribution is 6.06. The summed E-state index contributed by atoms with van der Waals surface area (Å²) < 4.78 is 12.3. The van der Waals surface area contributed by atoms with E-state index in [1.165, 1.54) is 25.7 Å². The number of amides is 1. The fourth-order valence-corrected chi connectivity index (χ4v) is 3.97. The average molecular weight is 625 g/mol. The standard InChI is InChI=1S/C30H44N2O4.HI/c1-5-8-9-10-11-14-23-35-28-17-13-12-16-27(28)29(33)31-26-20-18-25(19-21-26)30(34)36-24-15-22-32(4,6-2)7-3;/h12-13,16-21H,5-11,14-15,22-24H2,1-4H3;1H. The Kier molecular flexibility index (Phi) is 16.2. The lowest BCUT2D eigenvalue weighted by Gasteiger charge is -2.32. The van der Waals surface area contributed by atoms with Crippen molar-refractivity contribution in [3.05, 3.63) is 59.7 Å². The highest BCUT2D eigenvalue weighted by atomic mass is 127. The first-order chi connectivity index (χ1) is 17.4. The lowest BCUT2D eigenvalue weighted by molar-refractivity contribution is -0.906. The van der Waals surface area contributed by atoms with Crippen LogP contribution in [0.2, 0.25) is 0 Å². The third kappa shape index (κ3) is 11.9. The number of benzene rings is 2. The van der Waals surface area contributed by atoms with E-state index in [9.17, 15) is 9.59 Å². The molecule has 0 bridgehead atoms. The second kappa shape index (κ2) is 18.2. The second-order valence-electron chi connectivity index (χ2n) is 9.61. The molecule has 0 radical (unpaired) electrons. The number of ether oxygens (including phenoxy) is 2. The number of nitrogens with one attached hydrogen (secondary N) is 1. The van der Waals surface area contributed by atoms with E-state index in [1.54, 1.807) is 30.3 Å². The van der Waals surface area contributed by atoms with Crippen molar-refractivity contribution in [3.63, 3.8) is 0 Å². The van der Waals surface area contributed by atoms with Gasteiger partial charge < -0.3 is 43.3 Å². The summed E-state index contributed by atoms with van der Waals surface area (Å²) in [7, 11) is 2.22. The highest BCUT2D eigenvalue weighted by Gasteiger charge is 2.17. The lowest BCUT2D eigenvalue weighted by atomic mass is 10.1. The van der Waals surface area contributed by atoms with Crippen molar-refractivity contribution in [2.75, 3.05) is 45.2 Å². The Bertz CT molecular complexity index is 929. The molecule has 2 rings (SSSR count). The van der Waals surface area contributed by atoms with Gasteiger partial charge in [0.2, 0.25) is 0 Å². The maximum Gasteiger partial charge on any atom is 0.338 e. The molecule has 0 atom stereocenters. The van der Waals surface area contributed by atoms with Gasteiger partial charge in [-0.15, -0.1) is 0 Å². The smallest absolute Gasteiger partial charge is 0.338 e. The first kappa shape index (κ1) is 32.9. The minimum Gasteiger partial charge on any atom is -1.00 e. The third-order valence-corrected chi connectivity index (χ3v) is 6.87. The van der Waals surface area contributed by atoms with E-state index in [-0.39, 0.29) is 35.9 Å². The van der Waals surface area contributed by atoms with E-state index in [0.29, 0.717) is 35.8 Å². The van der Waals surface area contributed by atoms with E-state index in [2.05, 4.69) is 33.1 Å². The Morgan fingerprint density at radius 2 is 1.46 bits per heavy atom. The molecule has 2 aromatic carbocycles. The van der Waals surface area contributed by atoms with Crippen LogP contribution in [0.3, 0.4) is 0 Å². The Balaban J connectivity index is 0.00000684. The number of para-hydroxylation sites is 1. The summed E-state index contributed by atoms with van der Waals surface area (Å²) in [5.74, 6) is 0.00466. The summed E-state index contributed by atoms with van der Waals surface area (Å²) in [6, 6.07) is 14.1. The molecule has 37 heavy (non-hydrogen) atoms. The van der Waals surface area contributed by atoms with Crippen LogP contribution in [0.5, 0.6) is 5.75 Å². The molecule has 206 valence electrons. The van der Waals surface area contributed by atoms with Crippen molar-refractivity contribution in [1.29, 1.82) is 0 Å². The number of unbranched alkanes of at least 4 members (excludes halogenated alkanes) is 5. The van der Waals surface area contributed by atoms with Gasteiger partial charge >= 0.3 is 5.97 Å². The number of nitrogens with zero attached hydrogens (tertiary/aromatic N) is 1. The summed E-state index contributed by atoms with van der Waals surface area (Å²) in [5, 5.41) is 2.90. The minimum atomic E-state index is -0.344. The number of carbonyl (C=O) groups is 2. The van der Waals surface area contributed by atoms with Crippen molar-refractivity contribution >= 4 is 17.6 Å². The zero-order valence-electron chi connectivity index (χ0n) is 23.1. The minimum absolute atomic E-state index is 0. The Morgan fingerprint density at radius 3 is 2.14 bits per heavy atom. The average Bonchev–Trinajstić information content (AvgIpc) is 2.91. The van der Waals surface area contributed by atoms with Gasteiger partial charge in [0.15, 0.2) is 0 Å². The first-order valence-electron chi connectivity index (χ1n) is 13.6. The molecule has 0 aliphatic carbocycles. The van der Waals surface area contributed by atoms with Crippen molar-refractivity contribution in [2.24, 2.45) is 0 Å². The van der Waals surface area contributed by atoms with Gasteiger partial charge in [-0.25, -0.2) is 4.79 Å². The topological polar surface area (TPSA) is 64.6 Å². The first-order valence-corrected chi connectivity index (χ1v) is 13.6. The van der Waals surface area contributed by atoms with Gasteiger partial charge in [0.1, 0.15) is 5.75 Å². The molecular formula is C30H45IN2O4. The zero-order valence-corrected chi connectivity index (χ0v) is 25.2. The maximum atomic E-state index is 12.9. The van der Waals surface area contributed by atoms with Gasteiger partial charge in [-0.3, -0.25) is 4.79 Å². The van der Waals surface area contributed by atoms with Crippen LogP contribution in [-0.4, -0.2) is 56.3 Å². The third-order valence-electron chi connectivity index (χ3n) is 6.87. The molecule has 0 aliphatic rings. The number of hydrogen-bond acceptors (Lipinski definition) is 4. The van der Waals surface area contributed by atoms with E-state index in [0.717, 1.165) is 43.4 Å². The van der Waals surface area contributed by atoms with Gasteiger partial charge in [0, 0.05) is 12.1 Å². The fourth-order valence-electron chi connectivity index (χ4n) is 3.97. The van der Waals surface area contributed by atoms with Crippen LogP contribution in [0.15, 0.2) is 48.5 Å². The van der Waals surface area contributed by atoms with Crippen LogP contribution in [-0.2, 0) is 4.74 Å². The largest absolute Gasteiger partial charge is 1.00 e. The molecule has 0 saturated heterocycles. The van der Waals surface area contributed by atoms with Crippen molar-refractivity contribution in [3.8, 4) is 5.75 Å². The van der Waals surface area contributed by atoms with E-state index in [4.69, 9.17) is 9.47 Å². The molecular weight excluding hydrogens is 579 g/mol. The van der Waals surface area contributed by atoms with Crippen LogP contribution >= 0.6 is 0 Å². The fraction of sp³-hybridized carbons (Fsp3) is 0.533. The van der Waals surface area contributed by atoms with Gasteiger partial charge in [0.25, 0.3) is 5.91 Å². The molecule has 0 fully saturated rings. The SMILES string of the molecule is CCCCCCCCOc1ccccc1C(=O)Nc1ccc(C(=O)OCCC[N+](C)(CC)CC)cc1.[I-]. The monoisotopic (exact) mass is 624 g/mol. The number of rotatable bonds is 17. The Morgan fingerprint density at radius 1 is 0.811 bits per heavy atom. The molecule has 0 aliphatic heterocycles. The van der Waals surface area contributed by atoms with Gasteiger partial charge in [-0.05, 0) is 56.7 Å². The quantitative estimate of drug-likeness (QED) is 0.126. The van der Waals surface area contributed by atoms with Crippen LogP contribution in [0.4, 0.5) is 5.69 Å². The van der Waals surface area contributed by atoms with Gasteiger partial charge in [-0.1, -0.05) is 51.2 Å². The molecule has 0 saturated carbocycles. The predicted molar refractivity (Wildman–Crippen MR) is 147 cm³/mol. The summed E-state index contributed by atoms with van der Waals surface area (Å²) in [6.07, 6.45) is 7.96. The van der Waals surface area contributed by atoms with Crippen molar-refractivity contribution in [1.82, 2.24) is 0 Å². The van der Waals surface area contributed by atoms with E-state index < -0.39 is 0 Å². The summed E-state index contributed by atoms with van der Waals surface area (Å²) in [4.78, 5) is 25.3. The van der Waals surface area contributed by atoms with Crippen LogP contribution in [0.25, 0.3) is 0 Å². The second-order valence-corrected chi connectivity index (χ2v) is 9.61. The normalized spacial score (nSPS) is 10.9. The molecule has 2 aromatic rings. The molecule has 1 amide bonds. The van der Waals surface area contributed by atoms with Crippen LogP contribution in [0.1, 0.15) is 86.4 Å². The number of anilines is 1. The van der Waals surface area contributed by atoms with Crippen molar-refractivity contribution in [2.45, 2.75) is 65.7 Å². The molecule has 0 unspecified atom stereocenters. The Labute approximate surface area is 240 Å². The molecule has 0 heterocycles. The van der Waals surface area contributed by atoms with Gasteiger partial charge in [-0.2, -0.15) is 0 Å². The number of quaternary nitrogens is 1. The highest BCUT2D eigenvalue weighted by Crippen LogP contribution is 2.21. The molecule has 6 nitrogen and oxygen atoms in total. The molecule has 0 aromatic heterocycles. The lowest BCUT2D eigenvalue weighted by Crippen LogP contribution is -3.00. The summed E-state index contributed by atoms with van der Waals surface area (Å²) >= 11 is 0.